The molecule has 0 spiro atoms. The zero-order chi connectivity index (χ0) is 22.9. The lowest BCUT2D eigenvalue weighted by Crippen LogP contribution is -2.23. The van der Waals surface area contributed by atoms with E-state index in [1.54, 1.807) is 18.2 Å². The van der Waals surface area contributed by atoms with Crippen molar-refractivity contribution in [2.45, 2.75) is 19.6 Å². The van der Waals surface area contributed by atoms with E-state index in [4.69, 9.17) is 21.7 Å². The minimum atomic E-state index is -0.911. The summed E-state index contributed by atoms with van der Waals surface area (Å²) in [6.07, 6.45) is 1.30. The van der Waals surface area contributed by atoms with Gasteiger partial charge >= 0.3 is 0 Å². The zero-order valence-corrected chi connectivity index (χ0v) is 17.7. The number of ether oxygens (including phenoxy) is 1. The van der Waals surface area contributed by atoms with Crippen LogP contribution in [0.1, 0.15) is 17.5 Å². The molecular weight excluding hydrogens is 436 g/mol. The first-order chi connectivity index (χ1) is 15.4. The van der Waals surface area contributed by atoms with E-state index in [1.807, 2.05) is 30.3 Å². The van der Waals surface area contributed by atoms with Crippen LogP contribution < -0.4 is 10.1 Å². The van der Waals surface area contributed by atoms with Crippen LogP contribution in [0, 0.1) is 17.0 Å². The van der Waals surface area contributed by atoms with Crippen molar-refractivity contribution in [2.24, 2.45) is 4.99 Å². The van der Waals surface area contributed by atoms with Gasteiger partial charge in [0.1, 0.15) is 35.4 Å². The molecule has 0 fully saturated rings. The SMILES string of the molecule is N=C(CC=NCc1ccc(Cl)cc1OCc1ccccc1)C(=O)Nc1c(F)cccc1F. The Morgan fingerprint density at radius 1 is 1.06 bits per heavy atom. The summed E-state index contributed by atoms with van der Waals surface area (Å²) in [5.41, 5.74) is 0.826. The van der Waals surface area contributed by atoms with E-state index in [0.29, 0.717) is 17.4 Å². The molecule has 5 nitrogen and oxygen atoms in total. The van der Waals surface area contributed by atoms with Crippen LogP contribution in [0.25, 0.3) is 0 Å². The highest BCUT2D eigenvalue weighted by atomic mass is 35.5. The minimum Gasteiger partial charge on any atom is -0.488 e. The van der Waals surface area contributed by atoms with Crippen LogP contribution in [-0.4, -0.2) is 17.8 Å². The average Bonchev–Trinajstić information content (AvgIpc) is 2.79. The Bertz CT molecular complexity index is 1120. The number of para-hydroxylation sites is 1. The van der Waals surface area contributed by atoms with Crippen LogP contribution in [0.2, 0.25) is 5.02 Å². The van der Waals surface area contributed by atoms with Crippen molar-refractivity contribution in [3.8, 4) is 5.75 Å². The number of anilines is 1. The Hall–Kier alpha value is -3.58. The van der Waals surface area contributed by atoms with Gasteiger partial charge in [0, 0.05) is 23.2 Å². The highest BCUT2D eigenvalue weighted by Gasteiger charge is 2.14. The van der Waals surface area contributed by atoms with E-state index < -0.39 is 23.2 Å². The predicted octanol–water partition coefficient (Wildman–Crippen LogP) is 5.82. The van der Waals surface area contributed by atoms with Gasteiger partial charge < -0.3 is 10.1 Å². The van der Waals surface area contributed by atoms with Crippen molar-refractivity contribution in [1.29, 1.82) is 5.41 Å². The smallest absolute Gasteiger partial charge is 0.269 e. The van der Waals surface area contributed by atoms with Crippen molar-refractivity contribution < 1.29 is 18.3 Å². The molecule has 0 saturated carbocycles. The maximum absolute atomic E-state index is 13.6. The van der Waals surface area contributed by atoms with Crippen LogP contribution in [0.5, 0.6) is 5.75 Å². The lowest BCUT2D eigenvalue weighted by atomic mass is 10.2. The molecule has 0 aliphatic carbocycles. The number of halogens is 3. The number of hydrogen-bond acceptors (Lipinski definition) is 4. The van der Waals surface area contributed by atoms with E-state index in [1.165, 1.54) is 12.3 Å². The van der Waals surface area contributed by atoms with Gasteiger partial charge in [-0.2, -0.15) is 0 Å². The summed E-state index contributed by atoms with van der Waals surface area (Å²) in [5.74, 6) is -2.14. The summed E-state index contributed by atoms with van der Waals surface area (Å²) in [4.78, 5) is 16.3. The van der Waals surface area contributed by atoms with E-state index in [-0.39, 0.29) is 18.7 Å². The molecule has 0 aliphatic heterocycles. The maximum atomic E-state index is 13.6. The lowest BCUT2D eigenvalue weighted by molar-refractivity contribution is -0.110. The van der Waals surface area contributed by atoms with Gasteiger partial charge in [-0.3, -0.25) is 15.2 Å². The molecule has 3 aromatic rings. The molecule has 3 aromatic carbocycles. The van der Waals surface area contributed by atoms with Gasteiger partial charge in [0.2, 0.25) is 0 Å². The molecule has 32 heavy (non-hydrogen) atoms. The monoisotopic (exact) mass is 455 g/mol. The largest absolute Gasteiger partial charge is 0.488 e. The highest BCUT2D eigenvalue weighted by molar-refractivity contribution is 6.43. The molecule has 2 N–H and O–H groups in total. The number of carbonyl (C=O) groups is 1. The molecule has 8 heteroatoms. The predicted molar refractivity (Wildman–Crippen MR) is 122 cm³/mol. The Morgan fingerprint density at radius 3 is 2.50 bits per heavy atom. The zero-order valence-electron chi connectivity index (χ0n) is 16.9. The lowest BCUT2D eigenvalue weighted by Gasteiger charge is -2.11. The number of aliphatic imine (C=N–C) groups is 1. The molecule has 0 atom stereocenters. The quantitative estimate of drug-likeness (QED) is 0.399. The summed E-state index contributed by atoms with van der Waals surface area (Å²) in [6, 6.07) is 18.1. The molecule has 0 heterocycles. The third-order valence-corrected chi connectivity index (χ3v) is 4.66. The number of rotatable bonds is 9. The number of amides is 1. The fourth-order valence-corrected chi connectivity index (χ4v) is 2.91. The summed E-state index contributed by atoms with van der Waals surface area (Å²) < 4.78 is 33.1. The topological polar surface area (TPSA) is 74.5 Å². The number of nitrogens with one attached hydrogen (secondary N) is 2. The first-order valence-electron chi connectivity index (χ1n) is 9.70. The van der Waals surface area contributed by atoms with Gasteiger partial charge in [-0.05, 0) is 29.8 Å². The van der Waals surface area contributed by atoms with E-state index in [0.717, 1.165) is 23.3 Å². The van der Waals surface area contributed by atoms with Gasteiger partial charge in [-0.15, -0.1) is 0 Å². The van der Waals surface area contributed by atoms with Crippen molar-refractivity contribution in [3.63, 3.8) is 0 Å². The molecule has 1 amide bonds. The number of nitrogens with zero attached hydrogens (tertiary/aromatic N) is 1. The average molecular weight is 456 g/mol. The second-order valence-corrected chi connectivity index (χ2v) is 7.22. The molecule has 3 rings (SSSR count). The van der Waals surface area contributed by atoms with Gasteiger partial charge in [0.05, 0.1) is 6.54 Å². The molecule has 0 aromatic heterocycles. The summed E-state index contributed by atoms with van der Waals surface area (Å²) in [7, 11) is 0. The molecule has 0 aliphatic rings. The fraction of sp³-hybridized carbons (Fsp3) is 0.125. The van der Waals surface area contributed by atoms with Gasteiger partial charge in [-0.1, -0.05) is 54.1 Å². The van der Waals surface area contributed by atoms with Crippen LogP contribution in [-0.2, 0) is 17.9 Å². The summed E-state index contributed by atoms with van der Waals surface area (Å²) in [5, 5.41) is 10.4. The molecule has 0 unspecified atom stereocenters. The third-order valence-electron chi connectivity index (χ3n) is 4.43. The Balaban J connectivity index is 1.56. The second kappa shape index (κ2) is 11.2. The van der Waals surface area contributed by atoms with Crippen LogP contribution in [0.4, 0.5) is 14.5 Å². The Labute approximate surface area is 189 Å². The summed E-state index contributed by atoms with van der Waals surface area (Å²) in [6.45, 7) is 0.619. The summed E-state index contributed by atoms with van der Waals surface area (Å²) >= 11 is 6.08. The van der Waals surface area contributed by atoms with Gasteiger partial charge in [0.25, 0.3) is 5.91 Å². The second-order valence-electron chi connectivity index (χ2n) is 6.78. The van der Waals surface area contributed by atoms with E-state index >= 15 is 0 Å². The molecule has 0 saturated heterocycles. The molecular formula is C24H20ClF2N3O2. The van der Waals surface area contributed by atoms with Crippen LogP contribution in [0.15, 0.2) is 71.7 Å². The van der Waals surface area contributed by atoms with Gasteiger partial charge in [0.15, 0.2) is 0 Å². The van der Waals surface area contributed by atoms with E-state index in [2.05, 4.69) is 10.3 Å². The van der Waals surface area contributed by atoms with Crippen molar-refractivity contribution in [3.05, 3.63) is 94.5 Å². The number of carbonyl (C=O) groups excluding carboxylic acids is 1. The standard InChI is InChI=1S/C24H20ClF2N3O2/c25-18-10-9-17(22(13-18)32-15-16-5-2-1-3-6-16)14-29-12-11-21(28)24(31)30-23-19(26)7-4-8-20(23)27/h1-10,12-13,28H,11,14-15H2,(H,30,31). The first kappa shape index (κ1) is 23.1. The maximum Gasteiger partial charge on any atom is 0.269 e. The third kappa shape index (κ3) is 6.46. The molecule has 164 valence electrons. The van der Waals surface area contributed by atoms with Crippen LogP contribution >= 0.6 is 11.6 Å². The Kier molecular flexibility index (Phi) is 8.05. The normalized spacial score (nSPS) is 10.8. The first-order valence-corrected chi connectivity index (χ1v) is 10.1. The van der Waals surface area contributed by atoms with Crippen LogP contribution in [0.3, 0.4) is 0 Å². The van der Waals surface area contributed by atoms with E-state index in [9.17, 15) is 13.6 Å². The molecule has 0 bridgehead atoms. The minimum absolute atomic E-state index is 0.101. The molecule has 0 radical (unpaired) electrons. The van der Waals surface area contributed by atoms with Crippen molar-refractivity contribution >= 4 is 35.1 Å². The van der Waals surface area contributed by atoms with Crippen molar-refractivity contribution in [1.82, 2.24) is 0 Å². The fourth-order valence-electron chi connectivity index (χ4n) is 2.75. The number of benzene rings is 3. The van der Waals surface area contributed by atoms with Crippen molar-refractivity contribution in [2.75, 3.05) is 5.32 Å². The highest BCUT2D eigenvalue weighted by Crippen LogP contribution is 2.25. The Morgan fingerprint density at radius 2 is 1.78 bits per heavy atom. The van der Waals surface area contributed by atoms with Gasteiger partial charge in [-0.25, -0.2) is 8.78 Å². The number of hydrogen-bond donors (Lipinski definition) is 2.